The molecule has 1 heterocycles. The van der Waals surface area contributed by atoms with Gasteiger partial charge in [0.25, 0.3) is 5.91 Å². The van der Waals surface area contributed by atoms with Crippen LogP contribution in [0.5, 0.6) is 0 Å². The number of benzene rings is 3. The van der Waals surface area contributed by atoms with Crippen LogP contribution in [0.1, 0.15) is 11.4 Å². The molecule has 8 heteroatoms. The molecule has 0 bridgehead atoms. The van der Waals surface area contributed by atoms with Gasteiger partial charge in [0.05, 0.1) is 17.2 Å². The first-order valence-corrected chi connectivity index (χ1v) is 8.75. The quantitative estimate of drug-likeness (QED) is 0.412. The number of imidazole rings is 1. The number of para-hydroxylation sites is 2. The molecule has 4 aromatic rings. The predicted octanol–water partition coefficient (Wildman–Crippen LogP) is 4.36. The molecule has 146 valence electrons. The van der Waals surface area contributed by atoms with E-state index < -0.39 is 24.5 Å². The summed E-state index contributed by atoms with van der Waals surface area (Å²) in [6.07, 6.45) is -3.21. The summed E-state index contributed by atoms with van der Waals surface area (Å²) >= 11 is 0. The third-order valence-corrected chi connectivity index (χ3v) is 4.43. The van der Waals surface area contributed by atoms with Crippen molar-refractivity contribution in [1.29, 1.82) is 0 Å². The summed E-state index contributed by atoms with van der Waals surface area (Å²) in [4.78, 5) is 15.9. The van der Waals surface area contributed by atoms with E-state index in [0.717, 1.165) is 20.9 Å². The third-order valence-electron chi connectivity index (χ3n) is 4.43. The van der Waals surface area contributed by atoms with Crippen molar-refractivity contribution in [3.63, 3.8) is 0 Å². The van der Waals surface area contributed by atoms with Crippen molar-refractivity contribution >= 4 is 33.9 Å². The highest BCUT2D eigenvalue weighted by Gasteiger charge is 2.37. The second-order valence-corrected chi connectivity index (χ2v) is 6.37. The molecule has 1 aromatic heterocycles. The molecule has 5 nitrogen and oxygen atoms in total. The monoisotopic (exact) mass is 396 g/mol. The molecule has 29 heavy (non-hydrogen) atoms. The fourth-order valence-electron chi connectivity index (χ4n) is 3.17. The predicted molar refractivity (Wildman–Crippen MR) is 104 cm³/mol. The number of nitrogens with zero attached hydrogens (tertiary/aromatic N) is 3. The zero-order valence-corrected chi connectivity index (χ0v) is 15.0. The van der Waals surface area contributed by atoms with Crippen LogP contribution in [0.15, 0.2) is 71.8 Å². The smallest absolute Gasteiger partial charge is 0.311 e. The van der Waals surface area contributed by atoms with Gasteiger partial charge in [-0.3, -0.25) is 4.79 Å². The van der Waals surface area contributed by atoms with Gasteiger partial charge in [0.2, 0.25) is 5.82 Å². The highest BCUT2D eigenvalue weighted by molar-refractivity contribution is 5.99. The molecule has 4 rings (SSSR count). The Bertz CT molecular complexity index is 1220. The first-order valence-electron chi connectivity index (χ1n) is 8.75. The lowest BCUT2D eigenvalue weighted by atomic mass is 10.1. The zero-order chi connectivity index (χ0) is 20.4. The standard InChI is InChI=1S/C21H15F3N4O/c22-21(23,24)20-26-17-10-3-4-11-18(17)28(20)13-19(29)27-25-12-15-8-5-7-14-6-1-2-9-16(14)15/h1-12H,13H2,(H,27,29). The van der Waals surface area contributed by atoms with E-state index in [1.165, 1.54) is 18.3 Å². The number of hydrogen-bond donors (Lipinski definition) is 1. The number of carbonyl (C=O) groups excluding carboxylic acids is 1. The van der Waals surface area contributed by atoms with Crippen molar-refractivity contribution in [2.24, 2.45) is 5.10 Å². The number of amides is 1. The van der Waals surface area contributed by atoms with Crippen molar-refractivity contribution in [1.82, 2.24) is 15.0 Å². The Hall–Kier alpha value is -3.68. The van der Waals surface area contributed by atoms with E-state index in [1.807, 2.05) is 42.5 Å². The van der Waals surface area contributed by atoms with Crippen LogP contribution in [0.25, 0.3) is 21.8 Å². The normalized spacial score (nSPS) is 12.1. The molecule has 0 radical (unpaired) electrons. The molecule has 0 saturated carbocycles. The Balaban J connectivity index is 1.55. The van der Waals surface area contributed by atoms with Crippen LogP contribution in [0, 0.1) is 0 Å². The summed E-state index contributed by atoms with van der Waals surface area (Å²) in [7, 11) is 0. The average molecular weight is 396 g/mol. The van der Waals surface area contributed by atoms with E-state index in [-0.39, 0.29) is 11.0 Å². The summed E-state index contributed by atoms with van der Waals surface area (Å²) in [6, 6.07) is 19.5. The lowest BCUT2D eigenvalue weighted by Crippen LogP contribution is -2.26. The van der Waals surface area contributed by atoms with Gasteiger partial charge in [-0.15, -0.1) is 0 Å². The SMILES string of the molecule is O=C(Cn1c(C(F)(F)F)nc2ccccc21)NN=Cc1cccc2ccccc12. The second-order valence-electron chi connectivity index (χ2n) is 6.37. The first-order chi connectivity index (χ1) is 13.9. The zero-order valence-electron chi connectivity index (χ0n) is 15.0. The van der Waals surface area contributed by atoms with E-state index in [9.17, 15) is 18.0 Å². The Kier molecular flexibility index (Phi) is 4.75. The van der Waals surface area contributed by atoms with Crippen molar-refractivity contribution < 1.29 is 18.0 Å². The molecular formula is C21H15F3N4O. The lowest BCUT2D eigenvalue weighted by molar-refractivity contribution is -0.147. The Labute approximate surface area is 163 Å². The molecule has 1 amide bonds. The highest BCUT2D eigenvalue weighted by atomic mass is 19.4. The topological polar surface area (TPSA) is 59.3 Å². The third kappa shape index (κ3) is 3.82. The molecule has 0 unspecified atom stereocenters. The molecule has 0 aliphatic carbocycles. The Morgan fingerprint density at radius 3 is 2.59 bits per heavy atom. The van der Waals surface area contributed by atoms with Crippen LogP contribution >= 0.6 is 0 Å². The summed E-state index contributed by atoms with van der Waals surface area (Å²) in [5.41, 5.74) is 3.48. The van der Waals surface area contributed by atoms with E-state index in [0.29, 0.717) is 0 Å². The van der Waals surface area contributed by atoms with Crippen molar-refractivity contribution in [3.05, 3.63) is 78.1 Å². The molecule has 0 saturated heterocycles. The number of fused-ring (bicyclic) bond motifs is 2. The number of halogens is 3. The maximum atomic E-state index is 13.3. The van der Waals surface area contributed by atoms with E-state index in [1.54, 1.807) is 12.1 Å². The minimum absolute atomic E-state index is 0.173. The van der Waals surface area contributed by atoms with Crippen molar-refractivity contribution in [2.45, 2.75) is 12.7 Å². The summed E-state index contributed by atoms with van der Waals surface area (Å²) in [5, 5.41) is 5.87. The maximum absolute atomic E-state index is 13.3. The van der Waals surface area contributed by atoms with Gasteiger partial charge in [0, 0.05) is 5.56 Å². The van der Waals surface area contributed by atoms with Crippen LogP contribution in [0.4, 0.5) is 13.2 Å². The van der Waals surface area contributed by atoms with Crippen LogP contribution in [0.2, 0.25) is 0 Å². The molecule has 0 spiro atoms. The minimum atomic E-state index is -4.68. The van der Waals surface area contributed by atoms with Gasteiger partial charge in [-0.2, -0.15) is 18.3 Å². The number of rotatable bonds is 4. The maximum Gasteiger partial charge on any atom is 0.449 e. The number of nitrogens with one attached hydrogen (secondary N) is 1. The summed E-state index contributed by atoms with van der Waals surface area (Å²) < 4.78 is 40.8. The van der Waals surface area contributed by atoms with Gasteiger partial charge in [0.1, 0.15) is 6.54 Å². The number of hydrogen-bond acceptors (Lipinski definition) is 3. The van der Waals surface area contributed by atoms with E-state index in [2.05, 4.69) is 15.5 Å². The van der Waals surface area contributed by atoms with Gasteiger partial charge in [-0.25, -0.2) is 10.4 Å². The van der Waals surface area contributed by atoms with Crippen LogP contribution in [-0.2, 0) is 17.5 Å². The van der Waals surface area contributed by atoms with E-state index in [4.69, 9.17) is 0 Å². The number of alkyl halides is 3. The van der Waals surface area contributed by atoms with Gasteiger partial charge in [-0.1, -0.05) is 54.6 Å². The Morgan fingerprint density at radius 1 is 1.03 bits per heavy atom. The van der Waals surface area contributed by atoms with Crippen LogP contribution in [0.3, 0.4) is 0 Å². The van der Waals surface area contributed by atoms with E-state index >= 15 is 0 Å². The largest absolute Gasteiger partial charge is 0.449 e. The molecule has 0 aliphatic rings. The fourth-order valence-corrected chi connectivity index (χ4v) is 3.17. The van der Waals surface area contributed by atoms with Gasteiger partial charge < -0.3 is 4.57 Å². The molecule has 0 atom stereocenters. The average Bonchev–Trinajstić information content (AvgIpc) is 3.07. The molecule has 1 N–H and O–H groups in total. The summed E-state index contributed by atoms with van der Waals surface area (Å²) in [6.45, 7) is -0.553. The second kappa shape index (κ2) is 7.38. The van der Waals surface area contributed by atoms with Crippen molar-refractivity contribution in [3.8, 4) is 0 Å². The van der Waals surface area contributed by atoms with Gasteiger partial charge in [0.15, 0.2) is 0 Å². The number of carbonyl (C=O) groups is 1. The summed E-state index contributed by atoms with van der Waals surface area (Å²) in [5.74, 6) is -1.80. The number of aromatic nitrogens is 2. The van der Waals surface area contributed by atoms with Crippen LogP contribution in [-0.4, -0.2) is 21.7 Å². The minimum Gasteiger partial charge on any atom is -0.311 e. The number of hydrazone groups is 1. The van der Waals surface area contributed by atoms with Gasteiger partial charge >= 0.3 is 6.18 Å². The van der Waals surface area contributed by atoms with Crippen LogP contribution < -0.4 is 5.43 Å². The lowest BCUT2D eigenvalue weighted by Gasteiger charge is -2.10. The van der Waals surface area contributed by atoms with Gasteiger partial charge in [-0.05, 0) is 22.9 Å². The van der Waals surface area contributed by atoms with Crippen molar-refractivity contribution in [2.75, 3.05) is 0 Å². The fraction of sp³-hybridized carbons (Fsp3) is 0.0952. The Morgan fingerprint density at radius 2 is 1.76 bits per heavy atom. The molecule has 0 aliphatic heterocycles. The highest BCUT2D eigenvalue weighted by Crippen LogP contribution is 2.31. The molecule has 3 aromatic carbocycles. The molecule has 0 fully saturated rings. The first kappa shape index (κ1) is 18.7. The molecular weight excluding hydrogens is 381 g/mol.